The van der Waals surface area contributed by atoms with E-state index in [4.69, 9.17) is 0 Å². The molecule has 4 unspecified atom stereocenters. The van der Waals surface area contributed by atoms with E-state index in [2.05, 4.69) is 53.3 Å². The fourth-order valence-electron chi connectivity index (χ4n) is 6.03. The summed E-state index contributed by atoms with van der Waals surface area (Å²) in [4.78, 5) is 18.1. The normalized spacial score (nSPS) is 20.4. The Morgan fingerprint density at radius 3 is 2.56 bits per heavy atom. The molecule has 36 heavy (non-hydrogen) atoms. The van der Waals surface area contributed by atoms with Gasteiger partial charge in [-0.1, -0.05) is 64.4 Å². The van der Waals surface area contributed by atoms with Crippen LogP contribution in [0.1, 0.15) is 58.7 Å². The summed E-state index contributed by atoms with van der Waals surface area (Å²) in [5.41, 5.74) is 3.79. The molecule has 1 N–H and O–H groups in total. The summed E-state index contributed by atoms with van der Waals surface area (Å²) in [5, 5.41) is 14.3. The Morgan fingerprint density at radius 1 is 1.11 bits per heavy atom. The molecule has 0 aliphatic heterocycles. The molecule has 4 atom stereocenters. The number of tetrazole rings is 1. The van der Waals surface area contributed by atoms with E-state index in [9.17, 15) is 4.79 Å². The quantitative estimate of drug-likeness (QED) is 0.351. The number of nitrogens with one attached hydrogen (secondary N) is 1. The predicted molar refractivity (Wildman–Crippen MR) is 140 cm³/mol. The first-order valence-electron chi connectivity index (χ1n) is 13.0. The Morgan fingerprint density at radius 2 is 1.92 bits per heavy atom. The van der Waals surface area contributed by atoms with Gasteiger partial charge in [0, 0.05) is 35.8 Å². The highest BCUT2D eigenvalue weighted by Gasteiger charge is 2.44. The highest BCUT2D eigenvalue weighted by atomic mass is 16.1. The summed E-state index contributed by atoms with van der Waals surface area (Å²) in [6.07, 6.45) is 9.13. The zero-order chi connectivity index (χ0) is 25.2. The van der Waals surface area contributed by atoms with E-state index >= 15 is 0 Å². The van der Waals surface area contributed by atoms with Crippen molar-refractivity contribution < 1.29 is 0 Å². The lowest BCUT2D eigenvalue weighted by atomic mass is 9.58. The first-order chi connectivity index (χ1) is 17.5. The van der Waals surface area contributed by atoms with Gasteiger partial charge in [-0.25, -0.2) is 9.89 Å². The minimum atomic E-state index is 0.0593. The van der Waals surface area contributed by atoms with Gasteiger partial charge in [0.1, 0.15) is 0 Å². The standard InChI is InChI=1S/C28H35N7O/c1-5-8-25(26-19(4)15-24(26)18(2)3)35-14-13-34(28(35)36)17-21-12-11-20(16-29-21)22-9-6-7-10-23(22)27-30-32-33-31-27/h6-7,9-14,16,18-19,24-26H,5,8,15,17H2,1-4H3,(H,30,31,32,33). The van der Waals surface area contributed by atoms with E-state index in [1.807, 2.05) is 59.6 Å². The highest BCUT2D eigenvalue weighted by molar-refractivity contribution is 5.79. The van der Waals surface area contributed by atoms with Crippen molar-refractivity contribution in [1.82, 2.24) is 34.7 Å². The Kier molecular flexibility index (Phi) is 6.85. The second kappa shape index (κ2) is 10.2. The van der Waals surface area contributed by atoms with E-state index in [1.165, 1.54) is 6.42 Å². The van der Waals surface area contributed by atoms with E-state index in [-0.39, 0.29) is 11.7 Å². The zero-order valence-corrected chi connectivity index (χ0v) is 21.5. The van der Waals surface area contributed by atoms with Gasteiger partial charge in [-0.3, -0.25) is 14.1 Å². The number of hydrogen-bond donors (Lipinski definition) is 1. The van der Waals surface area contributed by atoms with Gasteiger partial charge < -0.3 is 0 Å². The van der Waals surface area contributed by atoms with Crippen LogP contribution in [0.15, 0.2) is 59.8 Å². The van der Waals surface area contributed by atoms with Crippen LogP contribution in [-0.2, 0) is 6.54 Å². The highest BCUT2D eigenvalue weighted by Crippen LogP contribution is 2.51. The molecule has 1 aromatic carbocycles. The lowest BCUT2D eigenvalue weighted by molar-refractivity contribution is -0.000570. The summed E-state index contributed by atoms with van der Waals surface area (Å²) in [5.74, 6) is 3.18. The Bertz CT molecular complexity index is 1340. The van der Waals surface area contributed by atoms with Crippen molar-refractivity contribution in [1.29, 1.82) is 0 Å². The number of imidazole rings is 1. The van der Waals surface area contributed by atoms with Crippen molar-refractivity contribution in [2.45, 2.75) is 59.5 Å². The molecular formula is C28H35N7O. The average Bonchev–Trinajstić information content (AvgIpc) is 3.53. The first-order valence-corrected chi connectivity index (χ1v) is 13.0. The maximum Gasteiger partial charge on any atom is 0.328 e. The molecule has 1 fully saturated rings. The Balaban J connectivity index is 1.37. The molecule has 3 heterocycles. The number of nitrogens with zero attached hydrogens (tertiary/aromatic N) is 6. The lowest BCUT2D eigenvalue weighted by Gasteiger charge is -2.49. The maximum atomic E-state index is 13.5. The van der Waals surface area contributed by atoms with Crippen molar-refractivity contribution in [2.75, 3.05) is 0 Å². The van der Waals surface area contributed by atoms with Gasteiger partial charge >= 0.3 is 5.69 Å². The smallest absolute Gasteiger partial charge is 0.296 e. The molecule has 1 saturated carbocycles. The van der Waals surface area contributed by atoms with Crippen LogP contribution >= 0.6 is 0 Å². The number of aromatic amines is 1. The summed E-state index contributed by atoms with van der Waals surface area (Å²) in [6, 6.07) is 12.2. The van der Waals surface area contributed by atoms with Gasteiger partial charge in [0.25, 0.3) is 0 Å². The van der Waals surface area contributed by atoms with Crippen molar-refractivity contribution in [3.05, 3.63) is 71.2 Å². The second-order valence-corrected chi connectivity index (χ2v) is 10.5. The number of H-pyrrole nitrogens is 1. The van der Waals surface area contributed by atoms with Crippen LogP contribution < -0.4 is 5.69 Å². The van der Waals surface area contributed by atoms with Gasteiger partial charge in [0.2, 0.25) is 0 Å². The number of rotatable bonds is 9. The molecule has 4 aromatic rings. The predicted octanol–water partition coefficient (Wildman–Crippen LogP) is 5.21. The number of benzene rings is 1. The maximum absolute atomic E-state index is 13.5. The van der Waals surface area contributed by atoms with Gasteiger partial charge in [-0.2, -0.15) is 0 Å². The van der Waals surface area contributed by atoms with E-state index in [1.54, 1.807) is 4.57 Å². The summed E-state index contributed by atoms with van der Waals surface area (Å²) >= 11 is 0. The van der Waals surface area contributed by atoms with Crippen LogP contribution in [0.5, 0.6) is 0 Å². The summed E-state index contributed by atoms with van der Waals surface area (Å²) in [7, 11) is 0. The summed E-state index contributed by atoms with van der Waals surface area (Å²) < 4.78 is 3.78. The van der Waals surface area contributed by atoms with Crippen molar-refractivity contribution in [2.24, 2.45) is 23.7 Å². The van der Waals surface area contributed by atoms with Gasteiger partial charge in [-0.05, 0) is 58.6 Å². The molecule has 1 aliphatic carbocycles. The number of pyridine rings is 1. The molecule has 1 aliphatic rings. The third kappa shape index (κ3) is 4.52. The molecule has 0 radical (unpaired) electrons. The average molecular weight is 486 g/mol. The Labute approximate surface area is 211 Å². The van der Waals surface area contributed by atoms with Crippen LogP contribution in [0.2, 0.25) is 0 Å². The molecule has 8 heteroatoms. The van der Waals surface area contributed by atoms with E-state index in [0.29, 0.717) is 36.0 Å². The lowest BCUT2D eigenvalue weighted by Crippen LogP contribution is -2.45. The van der Waals surface area contributed by atoms with Crippen LogP contribution in [0.3, 0.4) is 0 Å². The summed E-state index contributed by atoms with van der Waals surface area (Å²) in [6.45, 7) is 9.64. The minimum absolute atomic E-state index is 0.0593. The topological polar surface area (TPSA) is 94.3 Å². The molecule has 8 nitrogen and oxygen atoms in total. The largest absolute Gasteiger partial charge is 0.328 e. The molecular weight excluding hydrogens is 450 g/mol. The van der Waals surface area contributed by atoms with Gasteiger partial charge in [0.15, 0.2) is 5.82 Å². The molecule has 0 amide bonds. The van der Waals surface area contributed by atoms with Crippen LogP contribution in [-0.4, -0.2) is 34.7 Å². The van der Waals surface area contributed by atoms with E-state index in [0.717, 1.165) is 35.2 Å². The zero-order valence-electron chi connectivity index (χ0n) is 21.5. The van der Waals surface area contributed by atoms with Crippen molar-refractivity contribution in [3.8, 4) is 22.5 Å². The Hall–Kier alpha value is -3.55. The molecule has 3 aromatic heterocycles. The van der Waals surface area contributed by atoms with E-state index < -0.39 is 0 Å². The molecule has 0 saturated heterocycles. The molecule has 0 bridgehead atoms. The molecule has 188 valence electrons. The van der Waals surface area contributed by atoms with Crippen LogP contribution in [0, 0.1) is 23.7 Å². The van der Waals surface area contributed by atoms with Crippen molar-refractivity contribution in [3.63, 3.8) is 0 Å². The molecule has 5 rings (SSSR count). The van der Waals surface area contributed by atoms with Crippen LogP contribution in [0.4, 0.5) is 0 Å². The van der Waals surface area contributed by atoms with Gasteiger partial charge in [0.05, 0.1) is 12.2 Å². The van der Waals surface area contributed by atoms with Crippen LogP contribution in [0.25, 0.3) is 22.5 Å². The fourth-order valence-corrected chi connectivity index (χ4v) is 6.03. The van der Waals surface area contributed by atoms with Crippen molar-refractivity contribution >= 4 is 0 Å². The number of hydrogen-bond acceptors (Lipinski definition) is 5. The SMILES string of the molecule is CCCC(C1C(C)CC1C(C)C)n1ccn(Cc2ccc(-c3ccccc3-c3nnn[nH]3)cn2)c1=O. The first kappa shape index (κ1) is 24.2. The molecule has 0 spiro atoms. The third-order valence-corrected chi connectivity index (χ3v) is 7.91. The second-order valence-electron chi connectivity index (χ2n) is 10.5. The number of aromatic nitrogens is 7. The third-order valence-electron chi connectivity index (χ3n) is 7.91. The monoisotopic (exact) mass is 485 g/mol. The fraction of sp³-hybridized carbons (Fsp3) is 0.464. The van der Waals surface area contributed by atoms with Gasteiger partial charge in [-0.15, -0.1) is 5.10 Å². The minimum Gasteiger partial charge on any atom is -0.296 e.